The quantitative estimate of drug-likeness (QED) is 0.482. The van der Waals surface area contributed by atoms with E-state index in [0.717, 1.165) is 12.3 Å². The van der Waals surface area contributed by atoms with Crippen molar-refractivity contribution in [1.82, 2.24) is 24.5 Å². The van der Waals surface area contributed by atoms with Crippen LogP contribution in [0.1, 0.15) is 18.4 Å². The minimum atomic E-state index is -4.53. The van der Waals surface area contributed by atoms with Crippen LogP contribution in [0.5, 0.6) is 0 Å². The number of aryl methyl sites for hydroxylation is 1. The highest BCUT2D eigenvalue weighted by atomic mass is 19.4. The van der Waals surface area contributed by atoms with E-state index in [-0.39, 0.29) is 17.5 Å². The highest BCUT2D eigenvalue weighted by Gasteiger charge is 2.32. The third-order valence-corrected chi connectivity index (χ3v) is 4.27. The maximum absolute atomic E-state index is 13.8. The molecule has 0 saturated heterocycles. The molecule has 0 aliphatic heterocycles. The van der Waals surface area contributed by atoms with E-state index in [1.807, 2.05) is 6.92 Å². The number of alkyl halides is 3. The van der Waals surface area contributed by atoms with E-state index in [2.05, 4.69) is 25.3 Å². The van der Waals surface area contributed by atoms with Crippen LogP contribution in [0.15, 0.2) is 42.6 Å². The number of anilines is 3. The molecule has 11 heteroatoms. The molecule has 0 aliphatic carbocycles. The Labute approximate surface area is 167 Å². The number of hydrogen-bond donors (Lipinski definition) is 2. The minimum absolute atomic E-state index is 0.0480. The lowest BCUT2D eigenvalue weighted by atomic mass is 10.3. The first-order valence-corrected chi connectivity index (χ1v) is 8.86. The van der Waals surface area contributed by atoms with Gasteiger partial charge in [-0.2, -0.15) is 23.1 Å². The number of rotatable bonds is 4. The first-order valence-electron chi connectivity index (χ1n) is 8.86. The molecule has 0 bridgehead atoms. The summed E-state index contributed by atoms with van der Waals surface area (Å²) >= 11 is 0. The fraction of sp³-hybridized carbons (Fsp3) is 0.158. The number of nitrogen functional groups attached to an aromatic ring is 1. The number of fused-ring (bicyclic) bond motifs is 1. The van der Waals surface area contributed by atoms with E-state index >= 15 is 0 Å². The molecule has 3 N–H and O–H groups in total. The van der Waals surface area contributed by atoms with Crippen LogP contribution in [-0.2, 0) is 12.6 Å². The summed E-state index contributed by atoms with van der Waals surface area (Å²) in [5.74, 6) is 0.711. The zero-order chi connectivity index (χ0) is 21.5. The van der Waals surface area contributed by atoms with Crippen LogP contribution in [-0.4, -0.2) is 24.5 Å². The van der Waals surface area contributed by atoms with E-state index in [1.54, 1.807) is 10.6 Å². The van der Waals surface area contributed by atoms with Crippen molar-refractivity contribution in [2.45, 2.75) is 19.5 Å². The van der Waals surface area contributed by atoms with Crippen LogP contribution in [0.2, 0.25) is 0 Å². The maximum Gasteiger partial charge on any atom is 0.433 e. The molecular formula is C19H15F4N7. The number of nitrogens with zero attached hydrogens (tertiary/aromatic N) is 5. The van der Waals surface area contributed by atoms with E-state index in [4.69, 9.17) is 5.73 Å². The van der Waals surface area contributed by atoms with Gasteiger partial charge in [0.25, 0.3) is 0 Å². The predicted molar refractivity (Wildman–Crippen MR) is 103 cm³/mol. The average molecular weight is 417 g/mol. The van der Waals surface area contributed by atoms with E-state index in [0.29, 0.717) is 29.1 Å². The molecular weight excluding hydrogens is 402 g/mol. The summed E-state index contributed by atoms with van der Waals surface area (Å²) in [5, 5.41) is 2.78. The summed E-state index contributed by atoms with van der Waals surface area (Å²) in [4.78, 5) is 16.3. The molecule has 0 spiro atoms. The van der Waals surface area contributed by atoms with Crippen molar-refractivity contribution in [3.05, 3.63) is 59.9 Å². The van der Waals surface area contributed by atoms with Crippen LogP contribution in [0.4, 0.5) is 35.0 Å². The smallest absolute Gasteiger partial charge is 0.383 e. The number of nitrogens with one attached hydrogen (secondary N) is 1. The lowest BCUT2D eigenvalue weighted by Crippen LogP contribution is -2.09. The Bertz CT molecular complexity index is 1220. The number of imidazole rings is 1. The number of aromatic nitrogens is 5. The molecule has 3 heterocycles. The summed E-state index contributed by atoms with van der Waals surface area (Å²) in [7, 11) is 0. The van der Waals surface area contributed by atoms with Crippen molar-refractivity contribution in [2.24, 2.45) is 0 Å². The molecule has 0 atom stereocenters. The van der Waals surface area contributed by atoms with Gasteiger partial charge in [-0.05, 0) is 24.3 Å². The number of nitrogens with two attached hydrogens (primary N) is 1. The monoisotopic (exact) mass is 417 g/mol. The Kier molecular flexibility index (Phi) is 4.72. The number of pyridine rings is 1. The van der Waals surface area contributed by atoms with Gasteiger partial charge in [0.2, 0.25) is 5.95 Å². The number of hydrogen-bond acceptors (Lipinski definition) is 6. The zero-order valence-electron chi connectivity index (χ0n) is 15.6. The Morgan fingerprint density at radius 1 is 1.07 bits per heavy atom. The average Bonchev–Trinajstić information content (AvgIpc) is 3.05. The summed E-state index contributed by atoms with van der Waals surface area (Å²) in [6.07, 6.45) is -2.96. The van der Waals surface area contributed by atoms with Crippen molar-refractivity contribution in [3.63, 3.8) is 0 Å². The van der Waals surface area contributed by atoms with Crippen molar-refractivity contribution >= 4 is 28.5 Å². The molecule has 0 radical (unpaired) electrons. The van der Waals surface area contributed by atoms with E-state index in [1.165, 1.54) is 24.3 Å². The van der Waals surface area contributed by atoms with Gasteiger partial charge in [-0.1, -0.05) is 6.92 Å². The summed E-state index contributed by atoms with van der Waals surface area (Å²) < 4.78 is 53.5. The van der Waals surface area contributed by atoms with Gasteiger partial charge >= 0.3 is 6.18 Å². The Morgan fingerprint density at radius 2 is 1.87 bits per heavy atom. The van der Waals surface area contributed by atoms with Crippen LogP contribution in [0.3, 0.4) is 0 Å². The summed E-state index contributed by atoms with van der Waals surface area (Å²) in [5.41, 5.74) is 6.23. The molecule has 154 valence electrons. The molecule has 4 aromatic rings. The van der Waals surface area contributed by atoms with Gasteiger partial charge < -0.3 is 11.1 Å². The van der Waals surface area contributed by atoms with Crippen molar-refractivity contribution in [2.75, 3.05) is 11.1 Å². The molecule has 0 amide bonds. The molecule has 0 fully saturated rings. The molecule has 0 unspecified atom stereocenters. The Hall–Kier alpha value is -3.76. The largest absolute Gasteiger partial charge is 0.433 e. The van der Waals surface area contributed by atoms with Crippen molar-refractivity contribution in [3.8, 4) is 5.82 Å². The van der Waals surface area contributed by atoms with Crippen LogP contribution in [0, 0.1) is 5.82 Å². The molecule has 0 aliphatic rings. The topological polar surface area (TPSA) is 94.5 Å². The molecule has 30 heavy (non-hydrogen) atoms. The maximum atomic E-state index is 13.8. The van der Waals surface area contributed by atoms with Gasteiger partial charge in [0.05, 0.1) is 22.9 Å². The molecule has 0 saturated carbocycles. The Morgan fingerprint density at radius 3 is 2.53 bits per heavy atom. The standard InChI is InChI=1S/C19H15F4N7/c1-2-16-27-12-5-3-10(20)7-13(12)30(16)17-8-15(24)28-18(29-17)26-11-4-6-14(25-9-11)19(21,22)23/h3-9H,2H2,1H3,(H3,24,26,28,29). The second-order valence-electron chi connectivity index (χ2n) is 6.38. The first kappa shape index (κ1) is 19.6. The van der Waals surface area contributed by atoms with E-state index in [9.17, 15) is 17.6 Å². The van der Waals surface area contributed by atoms with Crippen LogP contribution < -0.4 is 11.1 Å². The normalized spacial score (nSPS) is 11.8. The third-order valence-electron chi connectivity index (χ3n) is 4.27. The van der Waals surface area contributed by atoms with Crippen molar-refractivity contribution < 1.29 is 17.6 Å². The van der Waals surface area contributed by atoms with Gasteiger partial charge in [-0.15, -0.1) is 0 Å². The predicted octanol–water partition coefficient (Wildman–Crippen LogP) is 4.26. The summed E-state index contributed by atoms with van der Waals surface area (Å²) in [6.45, 7) is 1.89. The van der Waals surface area contributed by atoms with Gasteiger partial charge in [-0.25, -0.2) is 14.4 Å². The SMILES string of the molecule is CCc1nc2ccc(F)cc2n1-c1cc(N)nc(Nc2ccc(C(F)(F)F)nc2)n1. The number of halogens is 4. The molecule has 7 nitrogen and oxygen atoms in total. The van der Waals surface area contributed by atoms with Crippen LogP contribution >= 0.6 is 0 Å². The van der Waals surface area contributed by atoms with Gasteiger partial charge in [0.15, 0.2) is 0 Å². The fourth-order valence-corrected chi connectivity index (χ4v) is 2.98. The number of benzene rings is 1. The van der Waals surface area contributed by atoms with Gasteiger partial charge in [-0.3, -0.25) is 4.57 Å². The lowest BCUT2D eigenvalue weighted by molar-refractivity contribution is -0.141. The molecule has 1 aromatic carbocycles. The van der Waals surface area contributed by atoms with E-state index < -0.39 is 17.7 Å². The first-order chi connectivity index (χ1) is 14.2. The minimum Gasteiger partial charge on any atom is -0.383 e. The molecule has 3 aromatic heterocycles. The molecule has 4 rings (SSSR count). The van der Waals surface area contributed by atoms with Crippen molar-refractivity contribution in [1.29, 1.82) is 0 Å². The second-order valence-corrected chi connectivity index (χ2v) is 6.38. The highest BCUT2D eigenvalue weighted by molar-refractivity contribution is 5.78. The Balaban J connectivity index is 1.74. The summed E-state index contributed by atoms with van der Waals surface area (Å²) in [6, 6.07) is 7.78. The zero-order valence-corrected chi connectivity index (χ0v) is 15.6. The fourth-order valence-electron chi connectivity index (χ4n) is 2.98. The van der Waals surface area contributed by atoms with Gasteiger partial charge in [0, 0.05) is 18.6 Å². The van der Waals surface area contributed by atoms with Crippen LogP contribution in [0.25, 0.3) is 16.9 Å². The highest BCUT2D eigenvalue weighted by Crippen LogP contribution is 2.28. The third kappa shape index (κ3) is 3.73. The van der Waals surface area contributed by atoms with Gasteiger partial charge in [0.1, 0.15) is 29.0 Å². The lowest BCUT2D eigenvalue weighted by Gasteiger charge is -2.11. The second kappa shape index (κ2) is 7.25.